The van der Waals surface area contributed by atoms with E-state index in [-0.39, 0.29) is 23.0 Å². The van der Waals surface area contributed by atoms with Crippen molar-refractivity contribution in [2.75, 3.05) is 0 Å². The lowest BCUT2D eigenvalue weighted by atomic mass is 10.1. The average molecular weight is 408 g/mol. The molecule has 6 heteroatoms. The maximum Gasteiger partial charge on any atom is 0.122 e. The number of aromatic hydroxyl groups is 4. The molecule has 0 radical (unpaired) electrons. The monoisotopic (exact) mass is 408 g/mol. The Balaban J connectivity index is 0.000000171. The predicted molar refractivity (Wildman–Crippen MR) is 112 cm³/mol. The van der Waals surface area contributed by atoms with Crippen LogP contribution in [0.3, 0.4) is 0 Å². The third kappa shape index (κ3) is 6.10. The maximum atomic E-state index is 9.54. The molecule has 0 aliphatic heterocycles. The van der Waals surface area contributed by atoms with Crippen LogP contribution in [0.4, 0.5) is 0 Å². The lowest BCUT2D eigenvalue weighted by Gasteiger charge is -2.03. The molecule has 2 aromatic carbocycles. The second-order valence-electron chi connectivity index (χ2n) is 6.89. The molecule has 0 saturated heterocycles. The highest BCUT2D eigenvalue weighted by atomic mass is 16.3. The van der Waals surface area contributed by atoms with E-state index in [0.717, 1.165) is 47.9 Å². The molecule has 4 rings (SSSR count). The number of hydrogen-bond acceptors (Lipinski definition) is 6. The van der Waals surface area contributed by atoms with Gasteiger partial charge in [0.05, 0.1) is 25.1 Å². The van der Waals surface area contributed by atoms with Crippen LogP contribution in [0.15, 0.2) is 82.4 Å². The minimum Gasteiger partial charge on any atom is -0.508 e. The van der Waals surface area contributed by atoms with Crippen LogP contribution < -0.4 is 0 Å². The molecule has 0 unspecified atom stereocenters. The molecule has 6 nitrogen and oxygen atoms in total. The van der Waals surface area contributed by atoms with Gasteiger partial charge in [0.25, 0.3) is 0 Å². The van der Waals surface area contributed by atoms with Crippen molar-refractivity contribution in [3.63, 3.8) is 0 Å². The molecule has 30 heavy (non-hydrogen) atoms. The van der Waals surface area contributed by atoms with Gasteiger partial charge in [-0.25, -0.2) is 0 Å². The normalized spacial score (nSPS) is 10.4. The van der Waals surface area contributed by atoms with Gasteiger partial charge < -0.3 is 29.3 Å². The predicted octanol–water partition coefficient (Wildman–Crippen LogP) is 4.95. The highest BCUT2D eigenvalue weighted by Crippen LogP contribution is 2.24. The summed E-state index contributed by atoms with van der Waals surface area (Å²) in [6.45, 7) is 0. The fraction of sp³-hybridized carbons (Fsp3) is 0.167. The lowest BCUT2D eigenvalue weighted by Crippen LogP contribution is -1.89. The number of phenolic OH excluding ortho intramolecular Hbond substituents is 4. The minimum atomic E-state index is 0.0829. The Morgan fingerprint density at radius 1 is 0.533 bits per heavy atom. The maximum absolute atomic E-state index is 9.54. The zero-order chi connectivity index (χ0) is 21.3. The van der Waals surface area contributed by atoms with Gasteiger partial charge in [0.2, 0.25) is 0 Å². The summed E-state index contributed by atoms with van der Waals surface area (Å²) in [5.41, 5.74) is 3.85. The molecule has 0 atom stereocenters. The van der Waals surface area contributed by atoms with E-state index in [4.69, 9.17) is 19.0 Å². The quantitative estimate of drug-likeness (QED) is 0.359. The van der Waals surface area contributed by atoms with Gasteiger partial charge in [0, 0.05) is 12.1 Å². The number of aryl methyl sites for hydroxylation is 4. The first-order valence-corrected chi connectivity index (χ1v) is 9.55. The molecular formula is C24H24O6. The van der Waals surface area contributed by atoms with Crippen molar-refractivity contribution < 1.29 is 29.3 Å². The Morgan fingerprint density at radius 3 is 1.30 bits per heavy atom. The zero-order valence-corrected chi connectivity index (χ0v) is 16.4. The summed E-state index contributed by atoms with van der Waals surface area (Å²) in [7, 11) is 0. The van der Waals surface area contributed by atoms with Crippen LogP contribution in [0.1, 0.15) is 22.3 Å². The topological polar surface area (TPSA) is 107 Å². The number of furan rings is 2. The first-order chi connectivity index (χ1) is 14.5. The largest absolute Gasteiger partial charge is 0.508 e. The summed E-state index contributed by atoms with van der Waals surface area (Å²) in [4.78, 5) is 0. The fourth-order valence-corrected chi connectivity index (χ4v) is 2.96. The van der Waals surface area contributed by atoms with E-state index in [0.29, 0.717) is 0 Å². The van der Waals surface area contributed by atoms with Crippen molar-refractivity contribution in [2.45, 2.75) is 25.7 Å². The van der Waals surface area contributed by atoms with Crippen molar-refractivity contribution in [2.24, 2.45) is 0 Å². The Kier molecular flexibility index (Phi) is 7.05. The first kappa shape index (κ1) is 20.9. The van der Waals surface area contributed by atoms with Crippen molar-refractivity contribution in [1.82, 2.24) is 0 Å². The van der Waals surface area contributed by atoms with Crippen molar-refractivity contribution in [3.8, 4) is 23.0 Å². The molecular weight excluding hydrogens is 384 g/mol. The van der Waals surface area contributed by atoms with E-state index in [1.807, 2.05) is 12.1 Å². The molecule has 0 saturated carbocycles. The van der Waals surface area contributed by atoms with E-state index in [9.17, 15) is 10.2 Å². The van der Waals surface area contributed by atoms with Crippen LogP contribution >= 0.6 is 0 Å². The van der Waals surface area contributed by atoms with Crippen LogP contribution in [0.2, 0.25) is 0 Å². The summed E-state index contributed by atoms with van der Waals surface area (Å²) < 4.78 is 9.90. The van der Waals surface area contributed by atoms with Gasteiger partial charge in [-0.3, -0.25) is 0 Å². The smallest absolute Gasteiger partial charge is 0.122 e. The van der Waals surface area contributed by atoms with Gasteiger partial charge in [0.15, 0.2) is 0 Å². The third-order valence-electron chi connectivity index (χ3n) is 4.66. The van der Waals surface area contributed by atoms with Crippen LogP contribution in [0.5, 0.6) is 23.0 Å². The summed E-state index contributed by atoms with van der Waals surface area (Å²) in [5.74, 6) is 0.441. The third-order valence-corrected chi connectivity index (χ3v) is 4.66. The van der Waals surface area contributed by atoms with Gasteiger partial charge in [-0.15, -0.1) is 0 Å². The molecule has 156 valence electrons. The van der Waals surface area contributed by atoms with Gasteiger partial charge in [-0.1, -0.05) is 12.1 Å². The Morgan fingerprint density at radius 2 is 0.967 bits per heavy atom. The average Bonchev–Trinajstić information content (AvgIpc) is 3.41. The number of hydrogen-bond donors (Lipinski definition) is 4. The summed E-state index contributed by atoms with van der Waals surface area (Å²) >= 11 is 0. The Labute approximate surface area is 174 Å². The lowest BCUT2D eigenvalue weighted by molar-refractivity contribution is 0.445. The van der Waals surface area contributed by atoms with Crippen LogP contribution in [0, 0.1) is 0 Å². The molecule has 0 bridgehead atoms. The van der Waals surface area contributed by atoms with E-state index < -0.39 is 0 Å². The molecule has 0 spiro atoms. The molecule has 2 heterocycles. The number of benzene rings is 2. The van der Waals surface area contributed by atoms with Gasteiger partial charge in [0.1, 0.15) is 23.0 Å². The zero-order valence-electron chi connectivity index (χ0n) is 16.4. The SMILES string of the molecule is Oc1ccc(CCc2ccoc2)c(O)c1.Oc1ccc(CCc2ccoc2)c(O)c1. The van der Waals surface area contributed by atoms with Crippen LogP contribution in [-0.4, -0.2) is 20.4 Å². The van der Waals surface area contributed by atoms with E-state index in [1.165, 1.54) is 12.1 Å². The second kappa shape index (κ2) is 10.1. The summed E-state index contributed by atoms with van der Waals surface area (Å²) in [6.07, 6.45) is 9.73. The Hall–Kier alpha value is -3.80. The first-order valence-electron chi connectivity index (χ1n) is 9.55. The fourth-order valence-electron chi connectivity index (χ4n) is 2.96. The minimum absolute atomic E-state index is 0.0829. The highest BCUT2D eigenvalue weighted by molar-refractivity contribution is 5.40. The van der Waals surface area contributed by atoms with Crippen molar-refractivity contribution in [1.29, 1.82) is 0 Å². The van der Waals surface area contributed by atoms with E-state index in [1.54, 1.807) is 49.3 Å². The van der Waals surface area contributed by atoms with Crippen molar-refractivity contribution >= 4 is 0 Å². The van der Waals surface area contributed by atoms with E-state index >= 15 is 0 Å². The summed E-state index contributed by atoms with van der Waals surface area (Å²) in [6, 6.07) is 13.1. The number of rotatable bonds is 6. The molecule has 0 aliphatic rings. The molecule has 4 aromatic rings. The molecule has 0 aliphatic carbocycles. The standard InChI is InChI=1S/2C12H12O3/c2*13-11-4-3-10(12(14)7-11)2-1-9-5-6-15-8-9/h2*3-8,13-14H,1-2H2. The van der Waals surface area contributed by atoms with Gasteiger partial charge in [-0.05, 0) is 72.2 Å². The molecule has 2 aromatic heterocycles. The molecule has 4 N–H and O–H groups in total. The molecule has 0 amide bonds. The van der Waals surface area contributed by atoms with Crippen molar-refractivity contribution in [3.05, 3.63) is 95.8 Å². The Bertz CT molecular complexity index is 950. The van der Waals surface area contributed by atoms with Crippen LogP contribution in [-0.2, 0) is 25.7 Å². The summed E-state index contributed by atoms with van der Waals surface area (Å²) in [5, 5.41) is 37.3. The van der Waals surface area contributed by atoms with Crippen LogP contribution in [0.25, 0.3) is 0 Å². The van der Waals surface area contributed by atoms with E-state index in [2.05, 4.69) is 0 Å². The second-order valence-corrected chi connectivity index (χ2v) is 6.89. The van der Waals surface area contributed by atoms with Gasteiger partial charge >= 0.3 is 0 Å². The number of phenols is 4. The molecule has 0 fully saturated rings. The highest BCUT2D eigenvalue weighted by Gasteiger charge is 2.04. The van der Waals surface area contributed by atoms with Gasteiger partial charge in [-0.2, -0.15) is 0 Å².